The smallest absolute Gasteiger partial charge is 0.416 e. The highest BCUT2D eigenvalue weighted by atomic mass is 35.5. The first-order chi connectivity index (χ1) is 16.4. The molecule has 4 rings (SSSR count). The molecule has 0 bridgehead atoms. The van der Waals surface area contributed by atoms with Crippen molar-refractivity contribution in [3.05, 3.63) is 63.2 Å². The lowest BCUT2D eigenvalue weighted by Crippen LogP contribution is -2.56. The van der Waals surface area contributed by atoms with Crippen molar-refractivity contribution in [2.45, 2.75) is 38.4 Å². The number of carbonyl (C=O) groups is 1. The number of ether oxygens (including phenoxy) is 1. The molecular formula is C24H24ClF5N2O2S. The number of alkyl halides is 3. The number of likely N-dealkylation sites (tertiary alicyclic amines) is 1. The molecule has 35 heavy (non-hydrogen) atoms. The molecule has 0 spiro atoms. The second-order valence-corrected chi connectivity index (χ2v) is 10.5. The highest BCUT2D eigenvalue weighted by Gasteiger charge is 2.41. The van der Waals surface area contributed by atoms with Crippen molar-refractivity contribution in [1.82, 2.24) is 9.62 Å². The zero-order valence-corrected chi connectivity index (χ0v) is 20.6. The number of hydrogen-bond acceptors (Lipinski definition) is 4. The third kappa shape index (κ3) is 5.86. The molecular weight excluding hydrogens is 511 g/mol. The molecule has 4 nitrogen and oxygen atoms in total. The van der Waals surface area contributed by atoms with Gasteiger partial charge in [-0.15, -0.1) is 0 Å². The maximum Gasteiger partial charge on any atom is 0.416 e. The Morgan fingerprint density at radius 2 is 1.91 bits per heavy atom. The zero-order valence-electron chi connectivity index (χ0n) is 19.1. The zero-order chi connectivity index (χ0) is 25.5. The molecule has 1 amide bonds. The molecule has 1 heterocycles. The minimum Gasteiger partial charge on any atom is -0.493 e. The Balaban J connectivity index is 1.41. The van der Waals surface area contributed by atoms with Gasteiger partial charge in [0, 0.05) is 42.9 Å². The van der Waals surface area contributed by atoms with Gasteiger partial charge in [-0.3, -0.25) is 14.4 Å². The van der Waals surface area contributed by atoms with Gasteiger partial charge < -0.3 is 4.74 Å². The van der Waals surface area contributed by atoms with Gasteiger partial charge in [-0.25, -0.2) is 8.78 Å². The van der Waals surface area contributed by atoms with Crippen LogP contribution in [0.1, 0.15) is 52.7 Å². The highest BCUT2D eigenvalue weighted by molar-refractivity contribution is 7.97. The van der Waals surface area contributed by atoms with E-state index < -0.39 is 34.3 Å². The molecule has 190 valence electrons. The van der Waals surface area contributed by atoms with Crippen molar-refractivity contribution in [2.24, 2.45) is 5.41 Å². The summed E-state index contributed by atoms with van der Waals surface area (Å²) in [6, 6.07) is 4.15. The van der Waals surface area contributed by atoms with Crippen LogP contribution < -0.4 is 9.46 Å². The number of nitrogens with zero attached hydrogens (tertiary/aromatic N) is 1. The van der Waals surface area contributed by atoms with Crippen LogP contribution in [0.15, 0.2) is 24.3 Å². The van der Waals surface area contributed by atoms with Gasteiger partial charge in [0.1, 0.15) is 17.4 Å². The van der Waals surface area contributed by atoms with Crippen LogP contribution in [-0.4, -0.2) is 36.8 Å². The van der Waals surface area contributed by atoms with Crippen LogP contribution in [-0.2, 0) is 12.7 Å². The van der Waals surface area contributed by atoms with Crippen molar-refractivity contribution < 1.29 is 31.5 Å². The van der Waals surface area contributed by atoms with Crippen molar-refractivity contribution in [3.8, 4) is 5.75 Å². The predicted molar refractivity (Wildman–Crippen MR) is 125 cm³/mol. The molecule has 0 atom stereocenters. The summed E-state index contributed by atoms with van der Waals surface area (Å²) < 4.78 is 76.6. The predicted octanol–water partition coefficient (Wildman–Crippen LogP) is 6.42. The first-order valence-corrected chi connectivity index (χ1v) is 12.6. The summed E-state index contributed by atoms with van der Waals surface area (Å²) in [6.07, 6.45) is -1.08. The van der Waals surface area contributed by atoms with Crippen LogP contribution in [0.2, 0.25) is 5.02 Å². The SMILES string of the molecule is CSNC(=O)c1cc(C2CC2)c(OCC2(C)CN(Cc3cc(C(F)(F)F)cc(Cl)c3F)C2)cc1F. The summed E-state index contributed by atoms with van der Waals surface area (Å²) in [6.45, 7) is 3.06. The van der Waals surface area contributed by atoms with Crippen LogP contribution in [0.5, 0.6) is 5.75 Å². The maximum absolute atomic E-state index is 14.6. The molecule has 2 fully saturated rings. The maximum atomic E-state index is 14.6. The number of amides is 1. The van der Waals surface area contributed by atoms with Crippen molar-refractivity contribution in [2.75, 3.05) is 26.0 Å². The van der Waals surface area contributed by atoms with Gasteiger partial charge in [-0.05, 0) is 42.5 Å². The van der Waals surface area contributed by atoms with E-state index >= 15 is 0 Å². The molecule has 2 aromatic rings. The standard InChI is InChI=1S/C24H24ClF5N2O2S/c1-23(10-32(11-23)9-14-5-15(24(28,29)30)6-18(25)21(14)27)12-34-20-8-19(26)17(22(33)31-35-2)7-16(20)13-3-4-13/h5-8,13H,3-4,9-12H2,1-2H3,(H,31,33). The molecule has 1 N–H and O–H groups in total. The quantitative estimate of drug-likeness (QED) is 0.313. The number of benzene rings is 2. The van der Waals surface area contributed by atoms with Gasteiger partial charge >= 0.3 is 6.18 Å². The summed E-state index contributed by atoms with van der Waals surface area (Å²) in [5, 5.41) is -0.564. The van der Waals surface area contributed by atoms with Gasteiger partial charge in [0.05, 0.1) is 22.8 Å². The van der Waals surface area contributed by atoms with E-state index in [2.05, 4.69) is 4.72 Å². The lowest BCUT2D eigenvalue weighted by atomic mass is 9.82. The largest absolute Gasteiger partial charge is 0.493 e. The summed E-state index contributed by atoms with van der Waals surface area (Å²) in [4.78, 5) is 13.9. The molecule has 1 saturated carbocycles. The fourth-order valence-corrected chi connectivity index (χ4v) is 4.92. The number of carbonyl (C=O) groups excluding carboxylic acids is 1. The third-order valence-electron chi connectivity index (χ3n) is 6.17. The molecule has 1 aliphatic carbocycles. The van der Waals surface area contributed by atoms with Crippen LogP contribution in [0, 0.1) is 17.0 Å². The third-order valence-corrected chi connectivity index (χ3v) is 6.83. The average Bonchev–Trinajstić information content (AvgIpc) is 3.58. The van der Waals surface area contributed by atoms with Gasteiger partial charge in [0.2, 0.25) is 0 Å². The van der Waals surface area contributed by atoms with E-state index in [1.807, 2.05) is 6.92 Å². The molecule has 1 saturated heterocycles. The number of rotatable bonds is 8. The summed E-state index contributed by atoms with van der Waals surface area (Å²) >= 11 is 6.77. The molecule has 0 unspecified atom stereocenters. The topological polar surface area (TPSA) is 41.6 Å². The minimum atomic E-state index is -4.62. The molecule has 0 radical (unpaired) electrons. The Morgan fingerprint density at radius 3 is 2.51 bits per heavy atom. The molecule has 0 aromatic heterocycles. The van der Waals surface area contributed by atoms with Crippen LogP contribution >= 0.6 is 23.5 Å². The molecule has 1 aliphatic heterocycles. The summed E-state index contributed by atoms with van der Waals surface area (Å²) in [5.74, 6) is -1.44. The second-order valence-electron chi connectivity index (χ2n) is 9.45. The fourth-order valence-electron chi connectivity index (χ4n) is 4.39. The van der Waals surface area contributed by atoms with E-state index in [9.17, 15) is 26.7 Å². The first-order valence-electron chi connectivity index (χ1n) is 11.0. The molecule has 2 aromatic carbocycles. The monoisotopic (exact) mass is 534 g/mol. The van der Waals surface area contributed by atoms with Crippen molar-refractivity contribution in [3.63, 3.8) is 0 Å². The number of hydrogen-bond donors (Lipinski definition) is 1. The number of nitrogens with one attached hydrogen (secondary N) is 1. The second kappa shape index (κ2) is 9.78. The molecule has 2 aliphatic rings. The van der Waals surface area contributed by atoms with Gasteiger partial charge in [0.15, 0.2) is 0 Å². The average molecular weight is 535 g/mol. The lowest BCUT2D eigenvalue weighted by Gasteiger charge is -2.48. The van der Waals surface area contributed by atoms with Gasteiger partial charge in [0.25, 0.3) is 5.91 Å². The van der Waals surface area contributed by atoms with E-state index in [0.29, 0.717) is 24.9 Å². The Hall–Kier alpha value is -2.04. The van der Waals surface area contributed by atoms with E-state index in [0.717, 1.165) is 36.4 Å². The van der Waals surface area contributed by atoms with Crippen molar-refractivity contribution in [1.29, 1.82) is 0 Å². The molecule has 11 heteroatoms. The van der Waals surface area contributed by atoms with Gasteiger partial charge in [-0.2, -0.15) is 13.2 Å². The van der Waals surface area contributed by atoms with Crippen LogP contribution in [0.4, 0.5) is 22.0 Å². The summed E-state index contributed by atoms with van der Waals surface area (Å²) in [5.41, 5.74) is -0.706. The first kappa shape index (κ1) is 26.0. The van der Waals surface area contributed by atoms with E-state index in [-0.39, 0.29) is 35.6 Å². The normalized spacial score (nSPS) is 17.7. The fraction of sp³-hybridized carbons (Fsp3) is 0.458. The lowest BCUT2D eigenvalue weighted by molar-refractivity contribution is -0.137. The highest BCUT2D eigenvalue weighted by Crippen LogP contribution is 2.46. The Labute approximate surface area is 209 Å². The minimum absolute atomic E-state index is 0.0216. The Bertz CT molecular complexity index is 1130. The van der Waals surface area contributed by atoms with Gasteiger partial charge in [-0.1, -0.05) is 30.5 Å². The Morgan fingerprint density at radius 1 is 1.23 bits per heavy atom. The van der Waals surface area contributed by atoms with Crippen LogP contribution in [0.3, 0.4) is 0 Å². The Kier molecular flexibility index (Phi) is 7.28. The number of halogens is 6. The van der Waals surface area contributed by atoms with E-state index in [1.54, 1.807) is 17.2 Å². The van der Waals surface area contributed by atoms with E-state index in [4.69, 9.17) is 16.3 Å². The summed E-state index contributed by atoms with van der Waals surface area (Å²) in [7, 11) is 0. The van der Waals surface area contributed by atoms with Crippen LogP contribution in [0.25, 0.3) is 0 Å². The van der Waals surface area contributed by atoms with E-state index in [1.165, 1.54) is 6.07 Å². The van der Waals surface area contributed by atoms with Crippen molar-refractivity contribution >= 4 is 29.5 Å².